The standard InChI is InChI=1S/C14H17N5/c1-2-8-17-14(9-15,10-19-12-16-11-18-19)13-6-4-3-5-7-13/h3-7,11-12,17H,2,8,10H2,1H3. The van der Waals surface area contributed by atoms with Crippen molar-refractivity contribution in [3.63, 3.8) is 0 Å². The third kappa shape index (κ3) is 2.98. The fourth-order valence-electron chi connectivity index (χ4n) is 2.01. The van der Waals surface area contributed by atoms with Crippen LogP contribution in [-0.4, -0.2) is 21.3 Å². The first kappa shape index (κ1) is 13.2. The number of benzene rings is 1. The summed E-state index contributed by atoms with van der Waals surface area (Å²) < 4.78 is 1.68. The average molecular weight is 255 g/mol. The Hall–Kier alpha value is -2.19. The third-order valence-corrected chi connectivity index (χ3v) is 3.00. The van der Waals surface area contributed by atoms with Crippen LogP contribution in [0.2, 0.25) is 0 Å². The van der Waals surface area contributed by atoms with E-state index >= 15 is 0 Å². The van der Waals surface area contributed by atoms with Gasteiger partial charge in [0.15, 0.2) is 5.54 Å². The molecule has 1 aromatic carbocycles. The molecule has 0 bridgehead atoms. The van der Waals surface area contributed by atoms with Crippen molar-refractivity contribution >= 4 is 0 Å². The highest BCUT2D eigenvalue weighted by molar-refractivity contribution is 5.31. The van der Waals surface area contributed by atoms with E-state index in [1.165, 1.54) is 6.33 Å². The van der Waals surface area contributed by atoms with Gasteiger partial charge >= 0.3 is 0 Å². The van der Waals surface area contributed by atoms with Crippen LogP contribution in [0.25, 0.3) is 0 Å². The predicted molar refractivity (Wildman–Crippen MR) is 72.0 cm³/mol. The maximum Gasteiger partial charge on any atom is 0.152 e. The number of nitrogens with one attached hydrogen (secondary N) is 1. The van der Waals surface area contributed by atoms with E-state index in [1.54, 1.807) is 11.0 Å². The van der Waals surface area contributed by atoms with Crippen LogP contribution < -0.4 is 5.32 Å². The van der Waals surface area contributed by atoms with Gasteiger partial charge < -0.3 is 0 Å². The van der Waals surface area contributed by atoms with Gasteiger partial charge in [0.1, 0.15) is 12.7 Å². The Bertz CT molecular complexity index is 529. The third-order valence-electron chi connectivity index (χ3n) is 3.00. The summed E-state index contributed by atoms with van der Waals surface area (Å²) in [5.41, 5.74) is 0.173. The summed E-state index contributed by atoms with van der Waals surface area (Å²) in [4.78, 5) is 3.93. The van der Waals surface area contributed by atoms with E-state index in [0.29, 0.717) is 6.54 Å². The maximum absolute atomic E-state index is 9.68. The van der Waals surface area contributed by atoms with Gasteiger partial charge in [-0.1, -0.05) is 37.3 Å². The second kappa shape index (κ2) is 6.12. The molecule has 0 aliphatic rings. The number of hydrogen-bond acceptors (Lipinski definition) is 4. The van der Waals surface area contributed by atoms with E-state index < -0.39 is 5.54 Å². The van der Waals surface area contributed by atoms with Crippen LogP contribution in [0.15, 0.2) is 43.0 Å². The van der Waals surface area contributed by atoms with E-state index in [9.17, 15) is 5.26 Å². The fraction of sp³-hybridized carbons (Fsp3) is 0.357. The number of hydrogen-bond donors (Lipinski definition) is 1. The molecule has 0 aliphatic carbocycles. The number of nitriles is 1. The van der Waals surface area contributed by atoms with Crippen LogP contribution in [0.3, 0.4) is 0 Å². The van der Waals surface area contributed by atoms with E-state index in [4.69, 9.17) is 0 Å². The molecule has 0 amide bonds. The molecule has 1 atom stereocenters. The van der Waals surface area contributed by atoms with Gasteiger partial charge in [0.05, 0.1) is 12.6 Å². The molecule has 0 radical (unpaired) electrons. The highest BCUT2D eigenvalue weighted by Crippen LogP contribution is 2.22. The molecule has 1 heterocycles. The second-order valence-corrected chi connectivity index (χ2v) is 4.40. The van der Waals surface area contributed by atoms with Crippen molar-refractivity contribution in [2.45, 2.75) is 25.4 Å². The van der Waals surface area contributed by atoms with Gasteiger partial charge in [-0.2, -0.15) is 10.4 Å². The monoisotopic (exact) mass is 255 g/mol. The first-order valence-corrected chi connectivity index (χ1v) is 6.35. The smallest absolute Gasteiger partial charge is 0.152 e. The van der Waals surface area contributed by atoms with Crippen LogP contribution in [0, 0.1) is 11.3 Å². The minimum atomic E-state index is -0.773. The first-order chi connectivity index (χ1) is 9.30. The molecule has 98 valence electrons. The summed E-state index contributed by atoms with van der Waals surface area (Å²) in [6, 6.07) is 12.2. The normalized spacial score (nSPS) is 13.7. The van der Waals surface area contributed by atoms with Crippen molar-refractivity contribution in [2.75, 3.05) is 6.54 Å². The van der Waals surface area contributed by atoms with Crippen LogP contribution in [0.1, 0.15) is 18.9 Å². The Labute approximate surface area is 112 Å². The Morgan fingerprint density at radius 3 is 2.74 bits per heavy atom. The summed E-state index contributed by atoms with van der Waals surface area (Å²) in [6.45, 7) is 3.29. The van der Waals surface area contributed by atoms with Crippen molar-refractivity contribution in [1.29, 1.82) is 5.26 Å². The molecular weight excluding hydrogens is 238 g/mol. The molecule has 5 nitrogen and oxygen atoms in total. The topological polar surface area (TPSA) is 66.5 Å². The zero-order chi connectivity index (χ0) is 13.6. The van der Waals surface area contributed by atoms with Crippen LogP contribution in [0.4, 0.5) is 0 Å². The summed E-state index contributed by atoms with van der Waals surface area (Å²) in [5.74, 6) is 0. The molecule has 19 heavy (non-hydrogen) atoms. The molecular formula is C14H17N5. The zero-order valence-electron chi connectivity index (χ0n) is 11.0. The van der Waals surface area contributed by atoms with Crippen molar-refractivity contribution < 1.29 is 0 Å². The lowest BCUT2D eigenvalue weighted by Crippen LogP contribution is -2.45. The molecule has 0 saturated carbocycles. The summed E-state index contributed by atoms with van der Waals surface area (Å²) in [6.07, 6.45) is 4.07. The Balaban J connectivity index is 2.34. The van der Waals surface area contributed by atoms with Gasteiger partial charge in [0.25, 0.3) is 0 Å². The SMILES string of the molecule is CCCNC(C#N)(Cn1cncn1)c1ccccc1. The second-order valence-electron chi connectivity index (χ2n) is 4.40. The molecule has 0 spiro atoms. The molecule has 1 N–H and O–H groups in total. The van der Waals surface area contributed by atoms with Crippen molar-refractivity contribution in [2.24, 2.45) is 0 Å². The Morgan fingerprint density at radius 2 is 2.16 bits per heavy atom. The molecule has 1 aromatic heterocycles. The molecule has 0 saturated heterocycles. The first-order valence-electron chi connectivity index (χ1n) is 6.35. The zero-order valence-corrected chi connectivity index (χ0v) is 11.0. The van der Waals surface area contributed by atoms with Gasteiger partial charge in [-0.05, 0) is 18.5 Å². The van der Waals surface area contributed by atoms with Gasteiger partial charge in [-0.3, -0.25) is 5.32 Å². The van der Waals surface area contributed by atoms with Crippen LogP contribution >= 0.6 is 0 Å². The van der Waals surface area contributed by atoms with E-state index in [-0.39, 0.29) is 0 Å². The molecule has 1 unspecified atom stereocenters. The minimum absolute atomic E-state index is 0.438. The predicted octanol–water partition coefficient (Wildman–Crippen LogP) is 1.70. The summed E-state index contributed by atoms with van der Waals surface area (Å²) in [7, 11) is 0. The summed E-state index contributed by atoms with van der Waals surface area (Å²) in [5, 5.41) is 17.1. The highest BCUT2D eigenvalue weighted by Gasteiger charge is 2.32. The van der Waals surface area contributed by atoms with Crippen molar-refractivity contribution in [1.82, 2.24) is 20.1 Å². The number of aromatic nitrogens is 3. The molecule has 2 aromatic rings. The van der Waals surface area contributed by atoms with Gasteiger partial charge in [-0.15, -0.1) is 0 Å². The average Bonchev–Trinajstić information content (AvgIpc) is 2.97. The van der Waals surface area contributed by atoms with Crippen LogP contribution in [0.5, 0.6) is 0 Å². The van der Waals surface area contributed by atoms with E-state index in [1.807, 2.05) is 30.3 Å². The fourth-order valence-corrected chi connectivity index (χ4v) is 2.01. The molecule has 0 aliphatic heterocycles. The Morgan fingerprint density at radius 1 is 1.37 bits per heavy atom. The highest BCUT2D eigenvalue weighted by atomic mass is 15.3. The number of rotatable bonds is 6. The van der Waals surface area contributed by atoms with Gasteiger partial charge in [0.2, 0.25) is 0 Å². The largest absolute Gasteiger partial charge is 0.294 e. The number of nitrogens with zero attached hydrogens (tertiary/aromatic N) is 4. The molecule has 5 heteroatoms. The van der Waals surface area contributed by atoms with Crippen LogP contribution in [-0.2, 0) is 12.1 Å². The molecule has 2 rings (SSSR count). The van der Waals surface area contributed by atoms with Crippen molar-refractivity contribution in [3.8, 4) is 6.07 Å². The lowest BCUT2D eigenvalue weighted by Gasteiger charge is -2.28. The maximum atomic E-state index is 9.68. The Kier molecular flexibility index (Phi) is 4.26. The minimum Gasteiger partial charge on any atom is -0.294 e. The van der Waals surface area contributed by atoms with E-state index in [0.717, 1.165) is 18.5 Å². The lowest BCUT2D eigenvalue weighted by atomic mass is 9.91. The van der Waals surface area contributed by atoms with Gasteiger partial charge in [0, 0.05) is 0 Å². The summed E-state index contributed by atoms with van der Waals surface area (Å²) >= 11 is 0. The van der Waals surface area contributed by atoms with Gasteiger partial charge in [-0.25, -0.2) is 9.67 Å². The quantitative estimate of drug-likeness (QED) is 0.853. The molecule has 0 fully saturated rings. The van der Waals surface area contributed by atoms with E-state index in [2.05, 4.69) is 28.4 Å². The van der Waals surface area contributed by atoms with Crippen molar-refractivity contribution in [3.05, 3.63) is 48.5 Å². The lowest BCUT2D eigenvalue weighted by molar-refractivity contribution is 0.351.